The van der Waals surface area contributed by atoms with Crippen molar-refractivity contribution in [3.05, 3.63) is 0 Å². The van der Waals surface area contributed by atoms with Gasteiger partial charge in [0.1, 0.15) is 5.60 Å². The number of rotatable bonds is 4. The van der Waals surface area contributed by atoms with Crippen LogP contribution >= 0.6 is 0 Å². The number of morpholine rings is 1. The zero-order valence-electron chi connectivity index (χ0n) is 18.5. The highest BCUT2D eigenvalue weighted by Gasteiger charge is 2.39. The Kier molecular flexibility index (Phi) is 7.43. The van der Waals surface area contributed by atoms with Gasteiger partial charge >= 0.3 is 6.09 Å². The maximum atomic E-state index is 12.9. The number of carbonyl (C=O) groups is 2. The van der Waals surface area contributed by atoms with Crippen LogP contribution in [0.25, 0.3) is 0 Å². The van der Waals surface area contributed by atoms with Crippen LogP contribution in [-0.4, -0.2) is 78.9 Å². The second kappa shape index (κ2) is 9.65. The predicted octanol–water partition coefficient (Wildman–Crippen LogP) is 2.78. The van der Waals surface area contributed by atoms with Crippen LogP contribution in [0.15, 0.2) is 0 Å². The first-order chi connectivity index (χ1) is 13.8. The van der Waals surface area contributed by atoms with Crippen molar-refractivity contribution in [2.75, 3.05) is 45.9 Å². The van der Waals surface area contributed by atoms with Gasteiger partial charge in [-0.2, -0.15) is 0 Å². The maximum Gasteiger partial charge on any atom is 0.410 e. The lowest BCUT2D eigenvalue weighted by molar-refractivity contribution is -0.127. The Morgan fingerprint density at radius 1 is 1.03 bits per heavy atom. The molecule has 29 heavy (non-hydrogen) atoms. The van der Waals surface area contributed by atoms with Crippen LogP contribution in [0.1, 0.15) is 65.7 Å². The summed E-state index contributed by atoms with van der Waals surface area (Å²) in [6, 6.07) is 0. The fourth-order valence-corrected chi connectivity index (χ4v) is 4.90. The van der Waals surface area contributed by atoms with Crippen LogP contribution in [-0.2, 0) is 14.3 Å². The lowest BCUT2D eigenvalue weighted by atomic mass is 9.79. The van der Waals surface area contributed by atoms with Gasteiger partial charge in [-0.3, -0.25) is 9.69 Å². The minimum atomic E-state index is -0.487. The number of nitrogens with zero attached hydrogens (tertiary/aromatic N) is 2. The summed E-state index contributed by atoms with van der Waals surface area (Å²) in [5.74, 6) is 0.131. The molecular formula is C22H39N3O4. The molecule has 0 radical (unpaired) electrons. The lowest BCUT2D eigenvalue weighted by Gasteiger charge is -2.48. The molecule has 0 bridgehead atoms. The molecule has 3 aliphatic rings. The molecule has 166 valence electrons. The van der Waals surface area contributed by atoms with Gasteiger partial charge in [0.15, 0.2) is 0 Å². The number of piperidine rings is 1. The minimum absolute atomic E-state index is 0.0148. The molecule has 0 atom stereocenters. The van der Waals surface area contributed by atoms with Crippen LogP contribution in [0.2, 0.25) is 0 Å². The van der Waals surface area contributed by atoms with Crippen molar-refractivity contribution in [1.82, 2.24) is 15.1 Å². The number of hydrogen-bond acceptors (Lipinski definition) is 5. The van der Waals surface area contributed by atoms with Crippen LogP contribution in [0.5, 0.6) is 0 Å². The first-order valence-electron chi connectivity index (χ1n) is 11.4. The largest absolute Gasteiger partial charge is 0.444 e. The smallest absolute Gasteiger partial charge is 0.410 e. The molecule has 2 saturated heterocycles. The number of hydrogen-bond donors (Lipinski definition) is 1. The van der Waals surface area contributed by atoms with Gasteiger partial charge in [-0.25, -0.2) is 4.79 Å². The first-order valence-corrected chi connectivity index (χ1v) is 11.4. The van der Waals surface area contributed by atoms with E-state index < -0.39 is 5.60 Å². The fourth-order valence-electron chi connectivity index (χ4n) is 4.90. The molecule has 3 fully saturated rings. The van der Waals surface area contributed by atoms with Gasteiger partial charge in [0.2, 0.25) is 5.91 Å². The van der Waals surface area contributed by atoms with Gasteiger partial charge < -0.3 is 19.7 Å². The molecule has 7 heteroatoms. The van der Waals surface area contributed by atoms with Crippen molar-refractivity contribution < 1.29 is 19.1 Å². The van der Waals surface area contributed by atoms with Crippen molar-refractivity contribution >= 4 is 12.0 Å². The van der Waals surface area contributed by atoms with Crippen LogP contribution in [0, 0.1) is 5.92 Å². The van der Waals surface area contributed by atoms with E-state index in [4.69, 9.17) is 9.47 Å². The number of likely N-dealkylation sites (tertiary alicyclic amines) is 1. The Labute approximate surface area is 175 Å². The molecule has 1 aliphatic carbocycles. The van der Waals surface area contributed by atoms with Gasteiger partial charge in [-0.15, -0.1) is 0 Å². The van der Waals surface area contributed by atoms with E-state index in [2.05, 4.69) is 10.2 Å². The van der Waals surface area contributed by atoms with E-state index in [-0.39, 0.29) is 23.5 Å². The Morgan fingerprint density at radius 3 is 2.24 bits per heavy atom. The molecule has 0 unspecified atom stereocenters. The van der Waals surface area contributed by atoms with Crippen molar-refractivity contribution in [1.29, 1.82) is 0 Å². The molecule has 0 aromatic rings. The third-order valence-corrected chi connectivity index (χ3v) is 6.58. The minimum Gasteiger partial charge on any atom is -0.444 e. The van der Waals surface area contributed by atoms with Crippen molar-refractivity contribution in [2.45, 2.75) is 76.9 Å². The summed E-state index contributed by atoms with van der Waals surface area (Å²) in [6.07, 6.45) is 7.22. The highest BCUT2D eigenvalue weighted by Crippen LogP contribution is 2.34. The summed E-state index contributed by atoms with van der Waals surface area (Å²) in [5, 5.41) is 3.29. The van der Waals surface area contributed by atoms with Gasteiger partial charge in [0, 0.05) is 44.2 Å². The van der Waals surface area contributed by atoms with Gasteiger partial charge in [-0.1, -0.05) is 19.3 Å². The molecule has 2 heterocycles. The molecule has 2 aliphatic heterocycles. The first kappa shape index (κ1) is 22.3. The molecule has 7 nitrogen and oxygen atoms in total. The number of ether oxygens (including phenoxy) is 2. The summed E-state index contributed by atoms with van der Waals surface area (Å²) >= 11 is 0. The molecule has 0 aromatic carbocycles. The van der Waals surface area contributed by atoms with E-state index in [0.717, 1.165) is 45.7 Å². The van der Waals surface area contributed by atoms with E-state index in [0.29, 0.717) is 25.9 Å². The summed E-state index contributed by atoms with van der Waals surface area (Å²) in [5.41, 5.74) is -0.395. The zero-order chi connectivity index (χ0) is 20.9. The average Bonchev–Trinajstić information content (AvgIpc) is 2.72. The Hall–Kier alpha value is -1.34. The Bertz CT molecular complexity index is 555. The molecule has 3 rings (SSSR count). The topological polar surface area (TPSA) is 71.1 Å². The summed E-state index contributed by atoms with van der Waals surface area (Å²) in [4.78, 5) is 29.4. The fraction of sp³-hybridized carbons (Fsp3) is 0.909. The summed E-state index contributed by atoms with van der Waals surface area (Å²) in [7, 11) is 0. The number of nitrogens with one attached hydrogen (secondary N) is 1. The highest BCUT2D eigenvalue weighted by atomic mass is 16.6. The summed E-state index contributed by atoms with van der Waals surface area (Å²) in [6.45, 7) is 11.0. The zero-order valence-corrected chi connectivity index (χ0v) is 18.5. The third kappa shape index (κ3) is 6.07. The van der Waals surface area contributed by atoms with Gasteiger partial charge in [0.05, 0.1) is 13.2 Å². The maximum absolute atomic E-state index is 12.9. The lowest BCUT2D eigenvalue weighted by Crippen LogP contribution is -2.60. The highest BCUT2D eigenvalue weighted by molar-refractivity contribution is 5.79. The Morgan fingerprint density at radius 2 is 1.66 bits per heavy atom. The van der Waals surface area contributed by atoms with Gasteiger partial charge in [0.25, 0.3) is 0 Å². The van der Waals surface area contributed by atoms with E-state index in [9.17, 15) is 9.59 Å². The SMILES string of the molecule is CC(C)(C)OC(=O)N1CCC(C(=O)NCC2(N3CCOCC3)CCCCC2)CC1. The molecule has 1 saturated carbocycles. The van der Waals surface area contributed by atoms with Crippen LogP contribution < -0.4 is 5.32 Å². The second-order valence-electron chi connectivity index (χ2n) is 9.84. The summed E-state index contributed by atoms with van der Waals surface area (Å²) < 4.78 is 11.0. The molecule has 0 spiro atoms. The van der Waals surface area contributed by atoms with Crippen molar-refractivity contribution in [3.63, 3.8) is 0 Å². The molecule has 0 aromatic heterocycles. The normalized spacial score (nSPS) is 24.2. The number of carbonyl (C=O) groups excluding carboxylic acids is 2. The van der Waals surface area contributed by atoms with E-state index in [1.165, 1.54) is 19.3 Å². The van der Waals surface area contributed by atoms with Crippen molar-refractivity contribution in [3.8, 4) is 0 Å². The van der Waals surface area contributed by atoms with E-state index in [1.54, 1.807) is 4.90 Å². The standard InChI is InChI=1S/C22H39N3O4/c1-21(2,3)29-20(27)24-11-7-18(8-12-24)19(26)23-17-22(9-5-4-6-10-22)25-13-15-28-16-14-25/h18H,4-17H2,1-3H3,(H,23,26). The monoisotopic (exact) mass is 409 g/mol. The second-order valence-corrected chi connectivity index (χ2v) is 9.84. The molecular weight excluding hydrogens is 370 g/mol. The van der Waals surface area contributed by atoms with E-state index >= 15 is 0 Å². The van der Waals surface area contributed by atoms with E-state index in [1.807, 2.05) is 20.8 Å². The van der Waals surface area contributed by atoms with Gasteiger partial charge in [-0.05, 0) is 46.5 Å². The average molecular weight is 410 g/mol. The Balaban J connectivity index is 1.49. The van der Waals surface area contributed by atoms with Crippen LogP contribution in [0.4, 0.5) is 4.79 Å². The quantitative estimate of drug-likeness (QED) is 0.773. The molecule has 2 amide bonds. The predicted molar refractivity (Wildman–Crippen MR) is 112 cm³/mol. The third-order valence-electron chi connectivity index (χ3n) is 6.58. The van der Waals surface area contributed by atoms with Crippen molar-refractivity contribution in [2.24, 2.45) is 5.92 Å². The number of amides is 2. The van der Waals surface area contributed by atoms with Crippen LogP contribution in [0.3, 0.4) is 0 Å². The molecule has 1 N–H and O–H groups in total.